The number of hydrogen-bond acceptors (Lipinski definition) is 0. The number of hydrogen-bond donors (Lipinski definition) is 0. The van der Waals surface area contributed by atoms with Gasteiger partial charge < -0.3 is 0 Å². The van der Waals surface area contributed by atoms with Crippen molar-refractivity contribution in [3.63, 3.8) is 0 Å². The Labute approximate surface area is 87.1 Å². The van der Waals surface area contributed by atoms with Gasteiger partial charge >= 0.3 is 7.54 Å². The van der Waals surface area contributed by atoms with Crippen molar-refractivity contribution in [2.45, 2.75) is 0 Å². The average Bonchev–Trinajstić information content (AvgIpc) is 0.811. The van der Waals surface area contributed by atoms with Crippen LogP contribution in [0.2, 0.25) is 0 Å². The van der Waals surface area contributed by atoms with Gasteiger partial charge in [-0.25, -0.2) is 0 Å². The largest absolute Gasteiger partial charge is 0.762 e. The van der Waals surface area contributed by atoms with Gasteiger partial charge in [-0.15, -0.1) is 0 Å². The van der Waals surface area contributed by atoms with E-state index in [2.05, 4.69) is 0 Å². The first-order valence-electron chi connectivity index (χ1n) is 0.655. The molecule has 0 unspecified atom stereocenters. The minimum absolute atomic E-state index is 0. The van der Waals surface area contributed by atoms with Crippen molar-refractivity contribution in [3.8, 4) is 0 Å². The summed E-state index contributed by atoms with van der Waals surface area (Å²) < 4.78 is 29.0. The van der Waals surface area contributed by atoms with Gasteiger partial charge in [0.25, 0.3) is 0 Å². The van der Waals surface area contributed by atoms with E-state index in [9.17, 15) is 12.9 Å². The van der Waals surface area contributed by atoms with Crippen LogP contribution in [0.3, 0.4) is 0 Å². The third kappa shape index (κ3) is 24.8. The Kier molecular flexibility index (Phi) is 11.8. The predicted octanol–water partition coefficient (Wildman–Crippen LogP) is 0.499. The molecule has 0 aliphatic carbocycles. The predicted molar refractivity (Wildman–Crippen MR) is 14.8 cm³/mol. The molecule has 0 saturated heterocycles. The molecule has 0 aromatic heterocycles. The smallest absolute Gasteiger partial charge is 0.254 e. The maximum absolute atomic E-state index is 9.67. The summed E-state index contributed by atoms with van der Waals surface area (Å²) in [4.78, 5) is 0. The van der Waals surface area contributed by atoms with Crippen molar-refractivity contribution >= 4 is 76.4 Å². The monoisotopic (exact) mass is 201 g/mol. The SMILES string of the molecule is FB(F)F.[Cs]. The first kappa shape index (κ1) is 10.0. The van der Waals surface area contributed by atoms with Crippen molar-refractivity contribution in [1.29, 1.82) is 0 Å². The van der Waals surface area contributed by atoms with Crippen LogP contribution in [-0.2, 0) is 0 Å². The molecule has 5 heteroatoms. The van der Waals surface area contributed by atoms with Gasteiger partial charge in [-0.3, -0.25) is 12.9 Å². The average molecular weight is 201 g/mol. The molecule has 0 atom stereocenters. The van der Waals surface area contributed by atoms with Gasteiger partial charge in [0, 0.05) is 68.9 Å². The second kappa shape index (κ2) is 5.91. The Morgan fingerprint density at radius 3 is 1.00 bits per heavy atom. The molecule has 0 N–H and O–H groups in total. The molecule has 0 heterocycles. The minimum atomic E-state index is -3.67. The van der Waals surface area contributed by atoms with E-state index in [1.54, 1.807) is 0 Å². The summed E-state index contributed by atoms with van der Waals surface area (Å²) in [5, 5.41) is 0. The summed E-state index contributed by atoms with van der Waals surface area (Å²) >= 11 is 0. The van der Waals surface area contributed by atoms with Crippen molar-refractivity contribution in [1.82, 2.24) is 0 Å². The van der Waals surface area contributed by atoms with Crippen LogP contribution >= 0.6 is 0 Å². The van der Waals surface area contributed by atoms with Gasteiger partial charge in [0.05, 0.1) is 0 Å². The van der Waals surface area contributed by atoms with Gasteiger partial charge in [0.15, 0.2) is 0 Å². The zero-order chi connectivity index (χ0) is 3.58. The zero-order valence-electron chi connectivity index (χ0n) is 2.71. The van der Waals surface area contributed by atoms with E-state index >= 15 is 0 Å². The van der Waals surface area contributed by atoms with Crippen LogP contribution in [-0.4, -0.2) is 76.4 Å². The maximum Gasteiger partial charge on any atom is 0.762 e. The van der Waals surface area contributed by atoms with Crippen LogP contribution in [0.1, 0.15) is 0 Å². The van der Waals surface area contributed by atoms with Gasteiger partial charge in [-0.05, 0) is 0 Å². The zero-order valence-corrected chi connectivity index (χ0v) is 8.99. The van der Waals surface area contributed by atoms with E-state index in [0.717, 1.165) is 0 Å². The molecule has 0 saturated carbocycles. The molecule has 1 radical (unpaired) electrons. The molecule has 0 aromatic carbocycles. The molecule has 0 aliphatic heterocycles. The minimum Gasteiger partial charge on any atom is -0.254 e. The van der Waals surface area contributed by atoms with E-state index < -0.39 is 7.54 Å². The summed E-state index contributed by atoms with van der Waals surface area (Å²) in [7, 11) is -3.67. The fraction of sp³-hybridized carbons (Fsp3) is 0. The van der Waals surface area contributed by atoms with Crippen molar-refractivity contribution in [2.75, 3.05) is 0 Å². The quantitative estimate of drug-likeness (QED) is 0.500. The summed E-state index contributed by atoms with van der Waals surface area (Å²) in [5.74, 6) is 0. The molecule has 0 aliphatic rings. The fourth-order valence-electron chi connectivity index (χ4n) is 0. The first-order chi connectivity index (χ1) is 1.73. The summed E-state index contributed by atoms with van der Waals surface area (Å²) in [6.07, 6.45) is 0. The second-order valence-corrected chi connectivity index (χ2v) is 0.247. The fourth-order valence-corrected chi connectivity index (χ4v) is 0. The molecule has 0 rings (SSSR count). The third-order valence-corrected chi connectivity index (χ3v) is 0. The van der Waals surface area contributed by atoms with E-state index in [1.165, 1.54) is 0 Å². The summed E-state index contributed by atoms with van der Waals surface area (Å²) in [6.45, 7) is 0. The molecule has 0 fully saturated rings. The van der Waals surface area contributed by atoms with E-state index in [0.29, 0.717) is 0 Å². The third-order valence-electron chi connectivity index (χ3n) is 0. The van der Waals surface area contributed by atoms with Crippen LogP contribution in [0.15, 0.2) is 0 Å². The van der Waals surface area contributed by atoms with Crippen molar-refractivity contribution in [2.24, 2.45) is 0 Å². The van der Waals surface area contributed by atoms with E-state index in [1.807, 2.05) is 0 Å². The molecule has 0 spiro atoms. The Bertz CT molecular complexity index is 11.6. The molecular formula is BCsF3. The molecule has 0 nitrogen and oxygen atoms in total. The van der Waals surface area contributed by atoms with Gasteiger partial charge in [-0.2, -0.15) is 0 Å². The maximum atomic E-state index is 9.67. The summed E-state index contributed by atoms with van der Waals surface area (Å²) in [6, 6.07) is 0. The van der Waals surface area contributed by atoms with Gasteiger partial charge in [-0.1, -0.05) is 0 Å². The Morgan fingerprint density at radius 2 is 1.00 bits per heavy atom. The van der Waals surface area contributed by atoms with Crippen LogP contribution in [0, 0.1) is 0 Å². The molecule has 5 heavy (non-hydrogen) atoms. The Balaban J connectivity index is 0. The van der Waals surface area contributed by atoms with Gasteiger partial charge in [0.1, 0.15) is 0 Å². The molecular weight excluding hydrogens is 201 g/mol. The second-order valence-electron chi connectivity index (χ2n) is 0.247. The van der Waals surface area contributed by atoms with Crippen LogP contribution < -0.4 is 0 Å². The van der Waals surface area contributed by atoms with Crippen LogP contribution in [0.4, 0.5) is 12.9 Å². The van der Waals surface area contributed by atoms with Crippen molar-refractivity contribution in [3.05, 3.63) is 0 Å². The van der Waals surface area contributed by atoms with Gasteiger partial charge in [0.2, 0.25) is 0 Å². The normalized spacial score (nSPS) is 5.40. The Morgan fingerprint density at radius 1 is 1.00 bits per heavy atom. The van der Waals surface area contributed by atoms with Crippen LogP contribution in [0.25, 0.3) is 0 Å². The number of rotatable bonds is 0. The van der Waals surface area contributed by atoms with E-state index in [-0.39, 0.29) is 68.9 Å². The molecule has 0 amide bonds. The van der Waals surface area contributed by atoms with Crippen LogP contribution in [0.5, 0.6) is 0 Å². The topological polar surface area (TPSA) is 0 Å². The molecule has 0 aromatic rings. The van der Waals surface area contributed by atoms with E-state index in [4.69, 9.17) is 0 Å². The molecule has 0 bridgehead atoms. The Hall–Kier alpha value is 1.91. The number of halogens is 3. The standard InChI is InChI=1S/BF3.Cs/c2-1(3)4;. The summed E-state index contributed by atoms with van der Waals surface area (Å²) in [5.41, 5.74) is 0. The first-order valence-corrected chi connectivity index (χ1v) is 0.655. The molecule has 25 valence electrons. The van der Waals surface area contributed by atoms with Crippen molar-refractivity contribution < 1.29 is 12.9 Å².